The van der Waals surface area contributed by atoms with E-state index >= 15 is 0 Å². The van der Waals surface area contributed by atoms with Crippen molar-refractivity contribution < 1.29 is 0 Å². The number of nitrogens with two attached hydrogens (primary N) is 1. The molecule has 1 fully saturated rings. The molecule has 0 radical (unpaired) electrons. The third-order valence-corrected chi connectivity index (χ3v) is 16.5. The Balaban J connectivity index is 1.01. The minimum atomic E-state index is -0.671. The Morgan fingerprint density at radius 1 is 0.472 bits per heavy atom. The summed E-state index contributed by atoms with van der Waals surface area (Å²) in [6.07, 6.45) is 0.753. The van der Waals surface area contributed by atoms with Crippen molar-refractivity contribution >= 4 is 40.8 Å². The maximum Gasteiger partial charge on any atom is 0.160 e. The first-order chi connectivity index (χ1) is 35.5. The normalized spacial score (nSPS) is 16.3. The van der Waals surface area contributed by atoms with Crippen LogP contribution >= 0.6 is 23.5 Å². The average Bonchev–Trinajstić information content (AvgIpc) is 4.21. The van der Waals surface area contributed by atoms with Gasteiger partial charge < -0.3 is 5.73 Å². The predicted molar refractivity (Wildman–Crippen MR) is 294 cm³/mol. The number of aliphatic imine (C=N–C) groups is 2. The molecule has 9 aromatic carbocycles. The number of amidine groups is 1. The maximum absolute atomic E-state index is 9.52. The molecule has 3 heterocycles. The lowest BCUT2D eigenvalue weighted by Gasteiger charge is -2.27. The van der Waals surface area contributed by atoms with Crippen LogP contribution in [0.25, 0.3) is 67.3 Å². The van der Waals surface area contributed by atoms with Gasteiger partial charge in [-0.25, -0.2) is 15.0 Å². The van der Waals surface area contributed by atoms with Gasteiger partial charge in [-0.05, 0) is 93.9 Å². The Kier molecular flexibility index (Phi) is 10.8. The number of hydrogen-bond acceptors (Lipinski definition) is 8. The van der Waals surface area contributed by atoms with E-state index in [0.717, 1.165) is 90.3 Å². The number of rotatable bonds is 9. The molecule has 8 heteroatoms. The molecule has 340 valence electrons. The summed E-state index contributed by atoms with van der Waals surface area (Å²) in [5.41, 5.74) is 22.7. The number of nitrogens with zero attached hydrogens (tertiary/aromatic N) is 5. The summed E-state index contributed by atoms with van der Waals surface area (Å²) in [4.78, 5) is 26.7. The van der Waals surface area contributed by atoms with Gasteiger partial charge in [0.1, 0.15) is 0 Å². The molecular weight excluding hydrogens is 917 g/mol. The monoisotopic (exact) mass is 958 g/mol. The Labute approximate surface area is 426 Å². The van der Waals surface area contributed by atoms with Crippen LogP contribution in [0.2, 0.25) is 0 Å². The van der Waals surface area contributed by atoms with Gasteiger partial charge in [-0.15, -0.1) is 0 Å². The molecule has 0 spiro atoms. The summed E-state index contributed by atoms with van der Waals surface area (Å²) in [5.74, 6) is 1.28. The highest BCUT2D eigenvalue weighted by Gasteiger charge is 2.61. The minimum absolute atomic E-state index is 0.0335. The Morgan fingerprint density at radius 2 is 1.04 bits per heavy atom. The number of anilines is 1. The summed E-state index contributed by atoms with van der Waals surface area (Å²) in [6.45, 7) is 0. The van der Waals surface area contributed by atoms with Crippen LogP contribution in [0.5, 0.6) is 0 Å². The molecule has 0 saturated heterocycles. The van der Waals surface area contributed by atoms with Crippen molar-refractivity contribution in [1.29, 1.82) is 5.26 Å². The molecule has 10 aromatic rings. The van der Waals surface area contributed by atoms with Crippen LogP contribution in [-0.2, 0) is 5.54 Å². The Morgan fingerprint density at radius 3 is 1.75 bits per heavy atom. The number of benzene rings is 9. The van der Waals surface area contributed by atoms with Crippen LogP contribution < -0.4 is 5.73 Å². The van der Waals surface area contributed by atoms with Gasteiger partial charge in [-0.1, -0.05) is 199 Å². The predicted octanol–water partition coefficient (Wildman–Crippen LogP) is 15.7. The van der Waals surface area contributed by atoms with E-state index in [9.17, 15) is 5.26 Å². The van der Waals surface area contributed by atoms with Crippen LogP contribution in [0, 0.1) is 17.2 Å². The molecular formula is C64H42N6S2. The molecule has 1 aliphatic carbocycles. The number of fused-ring (bicyclic) bond motifs is 3. The molecule has 0 bridgehead atoms. The first-order valence-corrected chi connectivity index (χ1v) is 25.6. The zero-order chi connectivity index (χ0) is 48.2. The second kappa shape index (κ2) is 18.0. The number of aromatic nitrogens is 2. The van der Waals surface area contributed by atoms with Crippen molar-refractivity contribution in [2.24, 2.45) is 15.9 Å². The first kappa shape index (κ1) is 43.4. The fraction of sp³-hybridized carbons (Fsp3) is 0.0469. The Bertz CT molecular complexity index is 3870. The first-order valence-electron chi connectivity index (χ1n) is 24.0. The van der Waals surface area contributed by atoms with Crippen LogP contribution in [0.3, 0.4) is 0 Å². The van der Waals surface area contributed by atoms with E-state index in [1.807, 2.05) is 84.6 Å². The molecule has 2 unspecified atom stereocenters. The van der Waals surface area contributed by atoms with E-state index in [0.29, 0.717) is 22.9 Å². The molecule has 0 amide bonds. The molecule has 1 saturated carbocycles. The molecule has 6 nitrogen and oxygen atoms in total. The SMILES string of the molecule is N#Cc1ccc(-c2cccc3c2Sc2cccc(-c4ccc(-c5nc(-c6ccccc6)cc(-c6cccc(-c7ccccc7)c6)n5)cc4C45CC4C(c4ccccc4N)=NC(c4ccccc4)=N5)c2S3)cc1. The Hall–Kier alpha value is -8.61. The molecule has 2 atom stereocenters. The quantitative estimate of drug-likeness (QED) is 0.145. The summed E-state index contributed by atoms with van der Waals surface area (Å²) in [5, 5.41) is 9.52. The smallest absolute Gasteiger partial charge is 0.160 e. The van der Waals surface area contributed by atoms with Crippen LogP contribution in [-0.4, -0.2) is 21.5 Å². The van der Waals surface area contributed by atoms with Gasteiger partial charge in [0.05, 0.1) is 34.3 Å². The average molecular weight is 959 g/mol. The van der Waals surface area contributed by atoms with Crippen molar-refractivity contribution in [3.05, 3.63) is 247 Å². The lowest BCUT2D eigenvalue weighted by molar-refractivity contribution is 0.703. The number of nitrogen functional groups attached to an aromatic ring is 1. The molecule has 2 aliphatic heterocycles. The third-order valence-electron chi connectivity index (χ3n) is 13.9. The van der Waals surface area contributed by atoms with Crippen molar-refractivity contribution in [1.82, 2.24) is 9.97 Å². The standard InChI is InChI=1S/C64H42N6S2/c65-39-40-29-31-42(32-30-40)48-24-13-27-57-60(48)71-58-28-14-25-50(61(58)72-57)49-34-33-47(36-52(49)64-38-53(64)59(51-23-10-11-26-54(51)66)69-63(70-64)44-19-8-3-9-20-44)62-67-55(43-17-6-2-7-18-43)37-56(68-62)46-22-12-21-45(35-46)41-15-4-1-5-16-41/h1-37,53H,38,66H2. The summed E-state index contributed by atoms with van der Waals surface area (Å²) < 4.78 is 0. The molecule has 2 N–H and O–H groups in total. The maximum atomic E-state index is 9.52. The topological polar surface area (TPSA) is 100 Å². The van der Waals surface area contributed by atoms with Crippen molar-refractivity contribution in [3.8, 4) is 73.4 Å². The van der Waals surface area contributed by atoms with Gasteiger partial charge in [-0.2, -0.15) is 5.26 Å². The van der Waals surface area contributed by atoms with E-state index < -0.39 is 5.54 Å². The largest absolute Gasteiger partial charge is 0.398 e. The van der Waals surface area contributed by atoms with E-state index in [1.165, 1.54) is 19.6 Å². The van der Waals surface area contributed by atoms with E-state index in [-0.39, 0.29) is 5.92 Å². The van der Waals surface area contributed by atoms with Gasteiger partial charge in [0, 0.05) is 59.0 Å². The summed E-state index contributed by atoms with van der Waals surface area (Å²) in [6, 6.07) is 80.0. The molecule has 72 heavy (non-hydrogen) atoms. The van der Waals surface area contributed by atoms with Crippen molar-refractivity contribution in [2.75, 3.05) is 5.73 Å². The number of hydrogen-bond donors (Lipinski definition) is 1. The zero-order valence-corrected chi connectivity index (χ0v) is 40.4. The van der Waals surface area contributed by atoms with Gasteiger partial charge in [0.25, 0.3) is 0 Å². The molecule has 13 rings (SSSR count). The van der Waals surface area contributed by atoms with E-state index in [2.05, 4.69) is 158 Å². The summed E-state index contributed by atoms with van der Waals surface area (Å²) >= 11 is 3.61. The fourth-order valence-corrected chi connectivity index (χ4v) is 12.7. The fourth-order valence-electron chi connectivity index (χ4n) is 10.2. The highest BCUT2D eigenvalue weighted by Crippen LogP contribution is 2.63. The lowest BCUT2D eigenvalue weighted by Crippen LogP contribution is -2.24. The van der Waals surface area contributed by atoms with Crippen LogP contribution in [0.15, 0.2) is 254 Å². The molecule has 1 aromatic heterocycles. The highest BCUT2D eigenvalue weighted by molar-refractivity contribution is 8.05. The number of nitriles is 1. The van der Waals surface area contributed by atoms with Crippen molar-refractivity contribution in [2.45, 2.75) is 31.5 Å². The van der Waals surface area contributed by atoms with E-state index in [4.69, 9.17) is 25.7 Å². The minimum Gasteiger partial charge on any atom is -0.398 e. The van der Waals surface area contributed by atoms with Gasteiger partial charge in [0.2, 0.25) is 0 Å². The van der Waals surface area contributed by atoms with E-state index in [1.54, 1.807) is 11.8 Å². The second-order valence-corrected chi connectivity index (χ2v) is 20.4. The van der Waals surface area contributed by atoms with Gasteiger partial charge in [0.15, 0.2) is 11.7 Å². The summed E-state index contributed by atoms with van der Waals surface area (Å²) in [7, 11) is 0. The molecule has 3 aliphatic rings. The van der Waals surface area contributed by atoms with Gasteiger partial charge in [-0.3, -0.25) is 4.99 Å². The zero-order valence-electron chi connectivity index (χ0n) is 38.8. The lowest BCUT2D eigenvalue weighted by atomic mass is 9.87. The third kappa shape index (κ3) is 7.80. The van der Waals surface area contributed by atoms with Crippen molar-refractivity contribution in [3.63, 3.8) is 0 Å². The van der Waals surface area contributed by atoms with Crippen LogP contribution in [0.4, 0.5) is 5.69 Å². The highest BCUT2D eigenvalue weighted by atomic mass is 32.2. The second-order valence-electron chi connectivity index (χ2n) is 18.3. The number of para-hydroxylation sites is 1. The van der Waals surface area contributed by atoms with Gasteiger partial charge >= 0.3 is 0 Å². The van der Waals surface area contributed by atoms with Crippen LogP contribution in [0.1, 0.15) is 28.7 Å².